The number of carbonyl (C=O) groups excluding carboxylic acids is 1. The Kier molecular flexibility index (Phi) is 6.78. The number of rotatable bonds is 7. The summed E-state index contributed by atoms with van der Waals surface area (Å²) in [5, 5.41) is 12.0. The molecule has 19 heavy (non-hydrogen) atoms. The molecule has 1 atom stereocenters. The zero-order valence-corrected chi connectivity index (χ0v) is 10.8. The zero-order chi connectivity index (χ0) is 14.1. The lowest BCUT2D eigenvalue weighted by molar-refractivity contribution is -0.116. The molecule has 1 aromatic carbocycles. The van der Waals surface area contributed by atoms with Crippen molar-refractivity contribution < 1.29 is 19.0 Å². The van der Waals surface area contributed by atoms with E-state index in [4.69, 9.17) is 4.74 Å². The molecule has 0 aliphatic rings. The van der Waals surface area contributed by atoms with Gasteiger partial charge >= 0.3 is 0 Å². The van der Waals surface area contributed by atoms with Gasteiger partial charge in [0.05, 0.1) is 12.7 Å². The van der Waals surface area contributed by atoms with Crippen LogP contribution in [0.25, 0.3) is 6.08 Å². The van der Waals surface area contributed by atoms with Crippen LogP contribution in [0, 0.1) is 5.82 Å². The Morgan fingerprint density at radius 3 is 2.95 bits per heavy atom. The van der Waals surface area contributed by atoms with E-state index >= 15 is 0 Å². The third-order valence-corrected chi connectivity index (χ3v) is 2.46. The van der Waals surface area contributed by atoms with Gasteiger partial charge in [-0.25, -0.2) is 4.39 Å². The van der Waals surface area contributed by atoms with Gasteiger partial charge in [-0.1, -0.05) is 18.2 Å². The van der Waals surface area contributed by atoms with Crippen molar-refractivity contribution in [3.05, 3.63) is 41.7 Å². The average molecular weight is 267 g/mol. The van der Waals surface area contributed by atoms with Crippen molar-refractivity contribution in [3.8, 4) is 0 Å². The molecule has 1 amide bonds. The van der Waals surface area contributed by atoms with Gasteiger partial charge in [0.2, 0.25) is 5.91 Å². The maximum Gasteiger partial charge on any atom is 0.244 e. The Bertz CT molecular complexity index is 434. The number of ether oxygens (including phenoxy) is 1. The van der Waals surface area contributed by atoms with Gasteiger partial charge in [-0.05, 0) is 18.6 Å². The standard InChI is InChI=1S/C14H18FNO3/c1-19-10-12(17)8-9-16-14(18)7-6-11-4-2-3-5-13(11)15/h2-7,12,17H,8-10H2,1H3,(H,16,18)/b7-6+. The minimum atomic E-state index is -0.596. The highest BCUT2D eigenvalue weighted by Gasteiger charge is 2.03. The van der Waals surface area contributed by atoms with E-state index in [1.54, 1.807) is 18.2 Å². The fraction of sp³-hybridized carbons (Fsp3) is 0.357. The summed E-state index contributed by atoms with van der Waals surface area (Å²) in [5.41, 5.74) is 0.358. The Hall–Kier alpha value is -1.72. The van der Waals surface area contributed by atoms with E-state index in [9.17, 15) is 14.3 Å². The van der Waals surface area contributed by atoms with Gasteiger partial charge in [-0.15, -0.1) is 0 Å². The number of hydrogen-bond acceptors (Lipinski definition) is 3. The third kappa shape index (κ3) is 6.13. The number of methoxy groups -OCH3 is 1. The highest BCUT2D eigenvalue weighted by atomic mass is 19.1. The molecule has 0 spiro atoms. The average Bonchev–Trinajstić information content (AvgIpc) is 2.38. The maximum atomic E-state index is 13.3. The molecule has 0 heterocycles. The molecule has 1 unspecified atom stereocenters. The van der Waals surface area contributed by atoms with E-state index in [2.05, 4.69) is 5.32 Å². The number of aliphatic hydroxyl groups excluding tert-OH is 1. The molecule has 0 aliphatic carbocycles. The molecule has 0 aliphatic heterocycles. The molecule has 0 aromatic heterocycles. The second-order valence-electron chi connectivity index (χ2n) is 4.04. The molecule has 0 saturated carbocycles. The number of carbonyl (C=O) groups is 1. The van der Waals surface area contributed by atoms with Crippen molar-refractivity contribution in [1.82, 2.24) is 5.32 Å². The maximum absolute atomic E-state index is 13.3. The van der Waals surface area contributed by atoms with Crippen LogP contribution in [0.1, 0.15) is 12.0 Å². The molecule has 5 heteroatoms. The number of hydrogen-bond donors (Lipinski definition) is 2. The molecule has 0 bridgehead atoms. The van der Waals surface area contributed by atoms with Crippen LogP contribution in [0.4, 0.5) is 4.39 Å². The predicted molar refractivity (Wildman–Crippen MR) is 70.9 cm³/mol. The Balaban J connectivity index is 2.33. The summed E-state index contributed by atoms with van der Waals surface area (Å²) in [4.78, 5) is 11.4. The largest absolute Gasteiger partial charge is 0.391 e. The van der Waals surface area contributed by atoms with E-state index in [0.717, 1.165) is 0 Å². The van der Waals surface area contributed by atoms with Gasteiger partial charge in [0.25, 0.3) is 0 Å². The number of nitrogens with one attached hydrogen (secondary N) is 1. The van der Waals surface area contributed by atoms with Crippen LogP contribution in [0.5, 0.6) is 0 Å². The van der Waals surface area contributed by atoms with Crippen LogP contribution in [-0.4, -0.2) is 37.4 Å². The summed E-state index contributed by atoms with van der Waals surface area (Å²) in [6, 6.07) is 6.20. The van der Waals surface area contributed by atoms with Crippen LogP contribution in [0.3, 0.4) is 0 Å². The van der Waals surface area contributed by atoms with Gasteiger partial charge in [-0.3, -0.25) is 4.79 Å². The first-order valence-electron chi connectivity index (χ1n) is 6.01. The minimum absolute atomic E-state index is 0.237. The van der Waals surface area contributed by atoms with Crippen molar-refractivity contribution in [2.75, 3.05) is 20.3 Å². The Morgan fingerprint density at radius 2 is 2.26 bits per heavy atom. The molecule has 1 aromatic rings. The van der Waals surface area contributed by atoms with Gasteiger partial charge in [0.15, 0.2) is 0 Å². The molecule has 0 saturated heterocycles. The first kappa shape index (κ1) is 15.3. The second-order valence-corrected chi connectivity index (χ2v) is 4.04. The highest BCUT2D eigenvalue weighted by Crippen LogP contribution is 2.07. The quantitative estimate of drug-likeness (QED) is 0.733. The molecule has 0 fully saturated rings. The van der Waals surface area contributed by atoms with Gasteiger partial charge in [0, 0.05) is 25.3 Å². The number of aliphatic hydroxyl groups is 1. The van der Waals surface area contributed by atoms with Gasteiger partial charge in [0.1, 0.15) is 5.82 Å². The number of halogens is 1. The highest BCUT2D eigenvalue weighted by molar-refractivity contribution is 5.91. The predicted octanol–water partition coefficient (Wildman–Crippen LogP) is 1.35. The molecular weight excluding hydrogens is 249 g/mol. The first-order chi connectivity index (χ1) is 9.13. The normalized spacial score (nSPS) is 12.6. The number of benzene rings is 1. The third-order valence-electron chi connectivity index (χ3n) is 2.46. The molecule has 104 valence electrons. The SMILES string of the molecule is COCC(O)CCNC(=O)/C=C/c1ccccc1F. The van der Waals surface area contributed by atoms with Crippen LogP contribution in [0.2, 0.25) is 0 Å². The fourth-order valence-corrected chi connectivity index (χ4v) is 1.47. The topological polar surface area (TPSA) is 58.6 Å². The summed E-state index contributed by atoms with van der Waals surface area (Å²) in [6.07, 6.45) is 2.49. The smallest absolute Gasteiger partial charge is 0.244 e. The summed E-state index contributed by atoms with van der Waals surface area (Å²) < 4.78 is 18.0. The molecule has 0 radical (unpaired) electrons. The summed E-state index contributed by atoms with van der Waals surface area (Å²) >= 11 is 0. The summed E-state index contributed by atoms with van der Waals surface area (Å²) in [5.74, 6) is -0.699. The molecule has 4 nitrogen and oxygen atoms in total. The van der Waals surface area contributed by atoms with Crippen LogP contribution in [-0.2, 0) is 9.53 Å². The van der Waals surface area contributed by atoms with Gasteiger partial charge < -0.3 is 15.2 Å². The van der Waals surface area contributed by atoms with Crippen molar-refractivity contribution in [1.29, 1.82) is 0 Å². The van der Waals surface area contributed by atoms with E-state index < -0.39 is 6.10 Å². The molecular formula is C14H18FNO3. The Labute approximate surface area is 111 Å². The molecule has 2 N–H and O–H groups in total. The number of amides is 1. The Morgan fingerprint density at radius 1 is 1.53 bits per heavy atom. The zero-order valence-electron chi connectivity index (χ0n) is 10.8. The first-order valence-corrected chi connectivity index (χ1v) is 6.01. The lowest BCUT2D eigenvalue weighted by Crippen LogP contribution is -2.27. The fourth-order valence-electron chi connectivity index (χ4n) is 1.47. The van der Waals surface area contributed by atoms with Crippen LogP contribution in [0.15, 0.2) is 30.3 Å². The van der Waals surface area contributed by atoms with Crippen molar-refractivity contribution in [3.63, 3.8) is 0 Å². The monoisotopic (exact) mass is 267 g/mol. The van der Waals surface area contributed by atoms with Crippen molar-refractivity contribution in [2.45, 2.75) is 12.5 Å². The summed E-state index contributed by atoms with van der Waals surface area (Å²) in [6.45, 7) is 0.575. The van der Waals surface area contributed by atoms with Crippen molar-refractivity contribution in [2.24, 2.45) is 0 Å². The lowest BCUT2D eigenvalue weighted by Gasteiger charge is -2.08. The van der Waals surface area contributed by atoms with Crippen LogP contribution < -0.4 is 5.32 Å². The minimum Gasteiger partial charge on any atom is -0.391 e. The lowest BCUT2D eigenvalue weighted by atomic mass is 10.2. The van der Waals surface area contributed by atoms with E-state index in [-0.39, 0.29) is 18.3 Å². The van der Waals surface area contributed by atoms with Crippen molar-refractivity contribution >= 4 is 12.0 Å². The second kappa shape index (κ2) is 8.39. The van der Waals surface area contributed by atoms with E-state index in [0.29, 0.717) is 18.5 Å². The van der Waals surface area contributed by atoms with E-state index in [1.807, 2.05) is 0 Å². The van der Waals surface area contributed by atoms with E-state index in [1.165, 1.54) is 25.3 Å². The van der Waals surface area contributed by atoms with Gasteiger partial charge in [-0.2, -0.15) is 0 Å². The molecule has 1 rings (SSSR count). The van der Waals surface area contributed by atoms with Crippen LogP contribution >= 0.6 is 0 Å². The summed E-state index contributed by atoms with van der Waals surface area (Å²) in [7, 11) is 1.50.